The van der Waals surface area contributed by atoms with Crippen LogP contribution in [-0.2, 0) is 6.42 Å². The lowest BCUT2D eigenvalue weighted by Gasteiger charge is -2.09. The second-order valence-corrected chi connectivity index (χ2v) is 5.34. The van der Waals surface area contributed by atoms with Crippen molar-refractivity contribution in [1.82, 2.24) is 10.3 Å². The van der Waals surface area contributed by atoms with Gasteiger partial charge in [0, 0.05) is 29.6 Å². The molecule has 3 aromatic rings. The minimum absolute atomic E-state index is 0.426. The van der Waals surface area contributed by atoms with Crippen LogP contribution in [0, 0.1) is 0 Å². The smallest absolute Gasteiger partial charge is 0.134 e. The van der Waals surface area contributed by atoms with E-state index in [1.807, 2.05) is 24.4 Å². The summed E-state index contributed by atoms with van der Waals surface area (Å²) in [4.78, 5) is 4.34. The van der Waals surface area contributed by atoms with Crippen LogP contribution in [0.3, 0.4) is 0 Å². The third kappa shape index (κ3) is 3.14. The largest absolute Gasteiger partial charge is 0.461 e. The van der Waals surface area contributed by atoms with Crippen molar-refractivity contribution >= 4 is 10.9 Å². The lowest BCUT2D eigenvalue weighted by Crippen LogP contribution is -2.27. The van der Waals surface area contributed by atoms with Crippen LogP contribution in [0.2, 0.25) is 0 Å². The minimum atomic E-state index is 0.426. The third-order valence-corrected chi connectivity index (χ3v) is 3.61. The van der Waals surface area contributed by atoms with E-state index in [9.17, 15) is 0 Å². The Morgan fingerprint density at radius 2 is 2.10 bits per heavy atom. The maximum Gasteiger partial charge on any atom is 0.134 e. The molecule has 1 atom stereocenters. The number of fused-ring (bicyclic) bond motifs is 1. The average molecular weight is 280 g/mol. The maximum absolute atomic E-state index is 5.98. The van der Waals surface area contributed by atoms with Crippen LogP contribution in [0.5, 0.6) is 0 Å². The fraction of sp³-hybridized carbons (Fsp3) is 0.278. The number of benzene rings is 1. The monoisotopic (exact) mass is 280 g/mol. The van der Waals surface area contributed by atoms with E-state index >= 15 is 0 Å². The molecule has 0 aliphatic carbocycles. The lowest BCUT2D eigenvalue weighted by atomic mass is 10.1. The third-order valence-electron chi connectivity index (χ3n) is 3.61. The number of aromatic nitrogens is 1. The molecule has 2 aromatic heterocycles. The predicted octanol–water partition coefficient (Wildman–Crippen LogP) is 4.04. The molecule has 21 heavy (non-hydrogen) atoms. The zero-order valence-electron chi connectivity index (χ0n) is 12.5. The van der Waals surface area contributed by atoms with Crippen molar-refractivity contribution in [2.24, 2.45) is 0 Å². The van der Waals surface area contributed by atoms with Gasteiger partial charge in [-0.05, 0) is 49.9 Å². The van der Waals surface area contributed by atoms with Gasteiger partial charge in [0.25, 0.3) is 0 Å². The molecule has 0 radical (unpaired) electrons. The van der Waals surface area contributed by atoms with Crippen LogP contribution in [0.4, 0.5) is 0 Å². The molecule has 0 saturated heterocycles. The minimum Gasteiger partial charge on any atom is -0.461 e. The van der Waals surface area contributed by atoms with E-state index in [4.69, 9.17) is 4.42 Å². The number of pyridine rings is 1. The van der Waals surface area contributed by atoms with E-state index in [-0.39, 0.29) is 0 Å². The van der Waals surface area contributed by atoms with Crippen LogP contribution in [-0.4, -0.2) is 17.6 Å². The highest BCUT2D eigenvalue weighted by Gasteiger charge is 2.08. The molecule has 0 fully saturated rings. The molecule has 1 unspecified atom stereocenters. The van der Waals surface area contributed by atoms with Crippen molar-refractivity contribution in [2.75, 3.05) is 6.54 Å². The van der Waals surface area contributed by atoms with Crippen molar-refractivity contribution in [3.63, 3.8) is 0 Å². The van der Waals surface area contributed by atoms with Gasteiger partial charge in [0.15, 0.2) is 0 Å². The van der Waals surface area contributed by atoms with Gasteiger partial charge in [-0.25, -0.2) is 0 Å². The van der Waals surface area contributed by atoms with Crippen LogP contribution in [0.25, 0.3) is 22.2 Å². The summed E-state index contributed by atoms with van der Waals surface area (Å²) in [5.74, 6) is 1.93. The number of hydrogen-bond acceptors (Lipinski definition) is 3. The molecule has 1 N–H and O–H groups in total. The molecule has 0 bridgehead atoms. The topological polar surface area (TPSA) is 38.1 Å². The first-order chi connectivity index (χ1) is 10.3. The van der Waals surface area contributed by atoms with Crippen molar-refractivity contribution < 1.29 is 4.42 Å². The Morgan fingerprint density at radius 3 is 2.95 bits per heavy atom. The molecule has 0 aliphatic heterocycles. The summed E-state index contributed by atoms with van der Waals surface area (Å²) in [6, 6.07) is 14.8. The summed E-state index contributed by atoms with van der Waals surface area (Å²) in [6.07, 6.45) is 2.72. The number of rotatable bonds is 5. The Bertz CT molecular complexity index is 733. The van der Waals surface area contributed by atoms with Crippen molar-refractivity contribution in [1.29, 1.82) is 0 Å². The molecule has 0 aliphatic rings. The quantitative estimate of drug-likeness (QED) is 0.766. The highest BCUT2D eigenvalue weighted by molar-refractivity contribution is 5.83. The molecular formula is C18H20N2O. The average Bonchev–Trinajstić information content (AvgIpc) is 2.95. The summed E-state index contributed by atoms with van der Waals surface area (Å²) in [5, 5.41) is 4.53. The van der Waals surface area contributed by atoms with E-state index in [1.165, 1.54) is 0 Å². The van der Waals surface area contributed by atoms with Gasteiger partial charge in [-0.3, -0.25) is 4.98 Å². The summed E-state index contributed by atoms with van der Waals surface area (Å²) in [5.41, 5.74) is 2.10. The Hall–Kier alpha value is -2.13. The molecule has 3 nitrogen and oxygen atoms in total. The summed E-state index contributed by atoms with van der Waals surface area (Å²) in [7, 11) is 0. The number of likely N-dealkylation sites (N-methyl/N-ethyl adjacent to an activating group) is 1. The van der Waals surface area contributed by atoms with Crippen LogP contribution < -0.4 is 5.32 Å². The van der Waals surface area contributed by atoms with Crippen molar-refractivity contribution in [3.05, 3.63) is 54.4 Å². The summed E-state index contributed by atoms with van der Waals surface area (Å²) >= 11 is 0. The number of nitrogens with zero attached hydrogens (tertiary/aromatic N) is 1. The van der Waals surface area contributed by atoms with E-state index in [0.29, 0.717) is 6.04 Å². The zero-order valence-corrected chi connectivity index (χ0v) is 12.5. The fourth-order valence-electron chi connectivity index (χ4n) is 2.59. The SMILES string of the molecule is CCNC(C)Cc1ccc(-c2ccc3ncccc3c2)o1. The van der Waals surface area contributed by atoms with Crippen LogP contribution in [0.15, 0.2) is 53.1 Å². The van der Waals surface area contributed by atoms with Gasteiger partial charge in [-0.15, -0.1) is 0 Å². The van der Waals surface area contributed by atoms with Gasteiger partial charge in [0.2, 0.25) is 0 Å². The van der Waals surface area contributed by atoms with E-state index in [0.717, 1.165) is 41.0 Å². The normalized spacial score (nSPS) is 12.7. The Morgan fingerprint density at radius 1 is 1.19 bits per heavy atom. The van der Waals surface area contributed by atoms with Crippen LogP contribution >= 0.6 is 0 Å². The molecule has 0 amide bonds. The zero-order chi connectivity index (χ0) is 14.7. The molecule has 3 rings (SSSR count). The number of hydrogen-bond donors (Lipinski definition) is 1. The number of nitrogens with one attached hydrogen (secondary N) is 1. The van der Waals surface area contributed by atoms with Gasteiger partial charge in [0.05, 0.1) is 5.52 Å². The number of furan rings is 1. The molecule has 0 spiro atoms. The maximum atomic E-state index is 5.98. The molecular weight excluding hydrogens is 260 g/mol. The molecule has 2 heterocycles. The Labute approximate surface area is 125 Å². The first-order valence-corrected chi connectivity index (χ1v) is 7.43. The Kier molecular flexibility index (Phi) is 4.02. The highest BCUT2D eigenvalue weighted by atomic mass is 16.3. The van der Waals surface area contributed by atoms with Crippen molar-refractivity contribution in [3.8, 4) is 11.3 Å². The van der Waals surface area contributed by atoms with Gasteiger partial charge >= 0.3 is 0 Å². The van der Waals surface area contributed by atoms with Crippen molar-refractivity contribution in [2.45, 2.75) is 26.3 Å². The van der Waals surface area contributed by atoms with Gasteiger partial charge in [0.1, 0.15) is 11.5 Å². The summed E-state index contributed by atoms with van der Waals surface area (Å²) < 4.78 is 5.98. The first kappa shape index (κ1) is 13.8. The molecule has 0 saturated carbocycles. The van der Waals surface area contributed by atoms with Gasteiger partial charge < -0.3 is 9.73 Å². The Balaban J connectivity index is 1.84. The van der Waals surface area contributed by atoms with E-state index in [1.54, 1.807) is 0 Å². The standard InChI is InChI=1S/C18H20N2O/c1-3-19-13(2)11-16-7-9-18(21-16)15-6-8-17-14(12-15)5-4-10-20-17/h4-10,12-13,19H,3,11H2,1-2H3. The second-order valence-electron chi connectivity index (χ2n) is 5.34. The molecule has 108 valence electrons. The molecule has 1 aromatic carbocycles. The first-order valence-electron chi connectivity index (χ1n) is 7.43. The van der Waals surface area contributed by atoms with E-state index in [2.05, 4.69) is 48.4 Å². The van der Waals surface area contributed by atoms with E-state index < -0.39 is 0 Å². The van der Waals surface area contributed by atoms with Gasteiger partial charge in [-0.1, -0.05) is 13.0 Å². The fourth-order valence-corrected chi connectivity index (χ4v) is 2.59. The summed E-state index contributed by atoms with van der Waals surface area (Å²) in [6.45, 7) is 5.27. The predicted molar refractivity (Wildman–Crippen MR) is 86.3 cm³/mol. The molecule has 3 heteroatoms. The lowest BCUT2D eigenvalue weighted by molar-refractivity contribution is 0.470. The second kappa shape index (κ2) is 6.10. The van der Waals surface area contributed by atoms with Gasteiger partial charge in [-0.2, -0.15) is 0 Å². The highest BCUT2D eigenvalue weighted by Crippen LogP contribution is 2.25. The van der Waals surface area contributed by atoms with Crippen LogP contribution in [0.1, 0.15) is 19.6 Å².